The zero-order chi connectivity index (χ0) is 26.2. The quantitative estimate of drug-likeness (QED) is 0.0693. The number of Topliss-reactive ketones (excluding diaryl/α,β-unsaturated/α-hetero) is 1. The minimum absolute atomic E-state index is 0.0290. The van der Waals surface area contributed by atoms with Gasteiger partial charge < -0.3 is 23.2 Å². The maximum Gasteiger partial charge on any atom is 0.329 e. The van der Waals surface area contributed by atoms with Crippen molar-refractivity contribution in [1.82, 2.24) is 0 Å². The molecular formula is C28H59NO5P+. The van der Waals surface area contributed by atoms with Gasteiger partial charge in [0.2, 0.25) is 0 Å². The second kappa shape index (κ2) is 24.2. The molecule has 0 saturated carbocycles. The SMILES string of the molecule is CCCCCCCCCCCCCCOCC(COP(O)OCCCC[N+](C)(C)C)CC(=O)CC. The highest BCUT2D eigenvalue weighted by molar-refractivity contribution is 7.40. The predicted molar refractivity (Wildman–Crippen MR) is 148 cm³/mol. The van der Waals surface area contributed by atoms with Gasteiger partial charge in [-0.2, -0.15) is 0 Å². The third-order valence-corrected chi connectivity index (χ3v) is 7.03. The van der Waals surface area contributed by atoms with Crippen LogP contribution in [0.4, 0.5) is 0 Å². The highest BCUT2D eigenvalue weighted by Gasteiger charge is 2.17. The first-order valence-electron chi connectivity index (χ1n) is 14.4. The lowest BCUT2D eigenvalue weighted by atomic mass is 10.0. The Bertz CT molecular complexity index is 473. The Hall–Kier alpha value is -0.100. The van der Waals surface area contributed by atoms with Crippen molar-refractivity contribution in [3.63, 3.8) is 0 Å². The van der Waals surface area contributed by atoms with Gasteiger partial charge in [-0.05, 0) is 19.3 Å². The van der Waals surface area contributed by atoms with Gasteiger partial charge in [0.15, 0.2) is 0 Å². The van der Waals surface area contributed by atoms with Crippen LogP contribution in [-0.4, -0.2) is 69.3 Å². The number of nitrogens with zero attached hydrogens (tertiary/aromatic N) is 1. The first kappa shape index (κ1) is 34.9. The number of unbranched alkanes of at least 4 members (excludes halogenated alkanes) is 12. The molecule has 0 rings (SSSR count). The Morgan fingerprint density at radius 1 is 0.743 bits per heavy atom. The smallest absolute Gasteiger partial charge is 0.329 e. The minimum atomic E-state index is -1.90. The number of quaternary nitrogens is 1. The van der Waals surface area contributed by atoms with Crippen LogP contribution >= 0.6 is 8.60 Å². The number of carbonyl (C=O) groups is 1. The molecule has 0 saturated heterocycles. The van der Waals surface area contributed by atoms with Gasteiger partial charge in [-0.25, -0.2) is 0 Å². The highest BCUT2D eigenvalue weighted by Crippen LogP contribution is 2.34. The first-order valence-corrected chi connectivity index (χ1v) is 15.6. The summed E-state index contributed by atoms with van der Waals surface area (Å²) < 4.78 is 17.7. The zero-order valence-electron chi connectivity index (χ0n) is 23.9. The average molecular weight is 521 g/mol. The Labute approximate surface area is 219 Å². The molecule has 1 N–H and O–H groups in total. The maximum atomic E-state index is 11.9. The maximum absolute atomic E-state index is 11.9. The Morgan fingerprint density at radius 2 is 1.29 bits per heavy atom. The predicted octanol–water partition coefficient (Wildman–Crippen LogP) is 7.43. The van der Waals surface area contributed by atoms with Crippen LogP contribution in [0.2, 0.25) is 0 Å². The van der Waals surface area contributed by atoms with Crippen LogP contribution in [-0.2, 0) is 18.6 Å². The number of hydrogen-bond acceptors (Lipinski definition) is 5. The van der Waals surface area contributed by atoms with Crippen LogP contribution in [0.3, 0.4) is 0 Å². The summed E-state index contributed by atoms with van der Waals surface area (Å²) >= 11 is 0. The molecule has 0 radical (unpaired) electrons. The van der Waals surface area contributed by atoms with Crippen molar-refractivity contribution in [1.29, 1.82) is 0 Å². The summed E-state index contributed by atoms with van der Waals surface area (Å²) in [6.45, 7) is 7.24. The van der Waals surface area contributed by atoms with Crippen LogP contribution in [0.15, 0.2) is 0 Å². The van der Waals surface area contributed by atoms with E-state index in [4.69, 9.17) is 13.8 Å². The second-order valence-electron chi connectivity index (χ2n) is 11.0. The molecule has 2 unspecified atom stereocenters. The molecule has 0 heterocycles. The number of rotatable bonds is 27. The van der Waals surface area contributed by atoms with Crippen molar-refractivity contribution in [3.8, 4) is 0 Å². The molecule has 0 aliphatic carbocycles. The van der Waals surface area contributed by atoms with E-state index in [-0.39, 0.29) is 11.7 Å². The van der Waals surface area contributed by atoms with Crippen LogP contribution in [0.25, 0.3) is 0 Å². The topological polar surface area (TPSA) is 65.0 Å². The summed E-state index contributed by atoms with van der Waals surface area (Å²) in [5, 5.41) is 0. The summed E-state index contributed by atoms with van der Waals surface area (Å²) in [7, 11) is 4.61. The molecule has 0 aromatic heterocycles. The Balaban J connectivity index is 3.81. The van der Waals surface area contributed by atoms with Gasteiger partial charge in [-0.3, -0.25) is 4.79 Å². The number of ketones is 1. The third-order valence-electron chi connectivity index (χ3n) is 6.25. The van der Waals surface area contributed by atoms with E-state index < -0.39 is 8.60 Å². The molecule has 0 aliphatic rings. The normalized spacial score (nSPS) is 13.8. The van der Waals surface area contributed by atoms with Gasteiger partial charge in [0, 0.05) is 25.4 Å². The fraction of sp³-hybridized carbons (Fsp3) is 0.964. The summed E-state index contributed by atoms with van der Waals surface area (Å²) in [5.41, 5.74) is 0. The lowest BCUT2D eigenvalue weighted by Gasteiger charge is -2.23. The fourth-order valence-electron chi connectivity index (χ4n) is 3.96. The van der Waals surface area contributed by atoms with Gasteiger partial charge >= 0.3 is 8.60 Å². The largest absolute Gasteiger partial charge is 0.381 e. The van der Waals surface area contributed by atoms with E-state index in [2.05, 4.69) is 28.1 Å². The van der Waals surface area contributed by atoms with Crippen molar-refractivity contribution >= 4 is 14.4 Å². The standard InChI is InChI=1S/C28H59NO5P/c1-6-8-9-10-11-12-13-14-15-16-17-19-22-32-25-27(24-28(30)7-2)26-34-35(31)33-23-20-18-21-29(3,4)5/h27,31H,6-26H2,1-5H3/q+1. The minimum Gasteiger partial charge on any atom is -0.381 e. The Morgan fingerprint density at radius 3 is 1.83 bits per heavy atom. The molecule has 0 aliphatic heterocycles. The number of ether oxygens (including phenoxy) is 1. The van der Waals surface area contributed by atoms with E-state index in [1.165, 1.54) is 70.6 Å². The van der Waals surface area contributed by atoms with Crippen molar-refractivity contribution < 1.29 is 28.0 Å². The van der Waals surface area contributed by atoms with Gasteiger partial charge in [-0.1, -0.05) is 84.5 Å². The average Bonchev–Trinajstić information content (AvgIpc) is 2.81. The molecule has 0 fully saturated rings. The molecule has 0 amide bonds. The van der Waals surface area contributed by atoms with Gasteiger partial charge in [0.25, 0.3) is 0 Å². The van der Waals surface area contributed by atoms with Crippen molar-refractivity contribution in [2.45, 2.75) is 117 Å². The molecule has 0 bridgehead atoms. The van der Waals surface area contributed by atoms with E-state index in [0.29, 0.717) is 32.7 Å². The number of carbonyl (C=O) groups excluding carboxylic acids is 1. The molecule has 0 spiro atoms. The molecule has 6 nitrogen and oxygen atoms in total. The summed E-state index contributed by atoms with van der Waals surface area (Å²) in [6, 6.07) is 0. The molecule has 210 valence electrons. The molecular weight excluding hydrogens is 461 g/mol. The Kier molecular flexibility index (Phi) is 24.2. The van der Waals surface area contributed by atoms with Gasteiger partial charge in [0.05, 0.1) is 47.5 Å². The van der Waals surface area contributed by atoms with Crippen LogP contribution in [0.1, 0.15) is 117 Å². The lowest BCUT2D eigenvalue weighted by Crippen LogP contribution is -2.35. The molecule has 2 atom stereocenters. The van der Waals surface area contributed by atoms with Gasteiger partial charge in [0.1, 0.15) is 5.78 Å². The third kappa shape index (κ3) is 26.8. The van der Waals surface area contributed by atoms with E-state index in [9.17, 15) is 9.69 Å². The molecule has 7 heteroatoms. The van der Waals surface area contributed by atoms with Crippen LogP contribution < -0.4 is 0 Å². The molecule has 0 aromatic carbocycles. The van der Waals surface area contributed by atoms with E-state index in [1.807, 2.05) is 6.92 Å². The second-order valence-corrected chi connectivity index (χ2v) is 12.0. The van der Waals surface area contributed by atoms with Crippen LogP contribution in [0, 0.1) is 5.92 Å². The lowest BCUT2D eigenvalue weighted by molar-refractivity contribution is -0.870. The fourth-order valence-corrected chi connectivity index (χ4v) is 4.66. The van der Waals surface area contributed by atoms with E-state index in [0.717, 1.165) is 36.9 Å². The van der Waals surface area contributed by atoms with Crippen LogP contribution in [0.5, 0.6) is 0 Å². The molecule has 35 heavy (non-hydrogen) atoms. The van der Waals surface area contributed by atoms with Gasteiger partial charge in [-0.15, -0.1) is 0 Å². The number of hydrogen-bond donors (Lipinski definition) is 1. The van der Waals surface area contributed by atoms with Crippen molar-refractivity contribution in [3.05, 3.63) is 0 Å². The summed E-state index contributed by atoms with van der Waals surface area (Å²) in [6.07, 6.45) is 18.8. The van der Waals surface area contributed by atoms with E-state index >= 15 is 0 Å². The highest BCUT2D eigenvalue weighted by atomic mass is 31.2. The summed E-state index contributed by atoms with van der Waals surface area (Å²) in [4.78, 5) is 22.0. The van der Waals surface area contributed by atoms with E-state index in [1.54, 1.807) is 0 Å². The van der Waals surface area contributed by atoms with Crippen molar-refractivity contribution in [2.24, 2.45) is 5.92 Å². The zero-order valence-corrected chi connectivity index (χ0v) is 24.8. The first-order chi connectivity index (χ1) is 16.8. The summed E-state index contributed by atoms with van der Waals surface area (Å²) in [5.74, 6) is 0.176. The monoisotopic (exact) mass is 520 g/mol. The molecule has 0 aromatic rings. The van der Waals surface area contributed by atoms with Crippen molar-refractivity contribution in [2.75, 3.05) is 54.1 Å².